The van der Waals surface area contributed by atoms with Gasteiger partial charge in [0.15, 0.2) is 0 Å². The van der Waals surface area contributed by atoms with Gasteiger partial charge in [-0.05, 0) is 26.3 Å². The Balaban J connectivity index is 3.64. The van der Waals surface area contributed by atoms with Crippen LogP contribution in [-0.4, -0.2) is 4.98 Å². The lowest BCUT2D eigenvalue weighted by atomic mass is 10.2. The van der Waals surface area contributed by atoms with E-state index in [0.29, 0.717) is 0 Å². The third-order valence-corrected chi connectivity index (χ3v) is 2.15. The summed E-state index contributed by atoms with van der Waals surface area (Å²) in [6, 6.07) is 0. The lowest BCUT2D eigenvalue weighted by Crippen LogP contribution is -2.23. The first kappa shape index (κ1) is 8.85. The minimum atomic E-state index is 1.19. The number of hydrogen-bond acceptors (Lipinski definition) is 0. The van der Waals surface area contributed by atoms with Crippen LogP contribution in [0, 0.1) is 13.8 Å². The zero-order chi connectivity index (χ0) is 9.14. The molecule has 0 aliphatic carbocycles. The molecular formula is C11H15N. The van der Waals surface area contributed by atoms with Gasteiger partial charge < -0.3 is 4.98 Å². The molecule has 0 bridgehead atoms. The first-order valence-electron chi connectivity index (χ1n) is 4.15. The summed E-state index contributed by atoms with van der Waals surface area (Å²) in [6.07, 6.45) is 5.94. The van der Waals surface area contributed by atoms with Gasteiger partial charge in [0.2, 0.25) is 0 Å². The Labute approximate surface area is 73.1 Å². The molecule has 1 nitrogen and oxygen atoms in total. The van der Waals surface area contributed by atoms with E-state index in [1.807, 2.05) is 19.1 Å². The number of hydrogen-bond donors (Lipinski definition) is 1. The maximum absolute atomic E-state index is 3.70. The van der Waals surface area contributed by atoms with Crippen LogP contribution >= 0.6 is 0 Å². The van der Waals surface area contributed by atoms with E-state index in [2.05, 4.69) is 31.5 Å². The van der Waals surface area contributed by atoms with Gasteiger partial charge in [0.1, 0.15) is 0 Å². The van der Waals surface area contributed by atoms with E-state index in [-0.39, 0.29) is 0 Å². The second-order valence-corrected chi connectivity index (χ2v) is 2.89. The quantitative estimate of drug-likeness (QED) is 0.641. The number of aromatic amines is 1. The summed E-state index contributed by atoms with van der Waals surface area (Å²) in [5.41, 5.74) is 2.54. The molecule has 0 amide bonds. The third-order valence-electron chi connectivity index (χ3n) is 2.15. The van der Waals surface area contributed by atoms with Gasteiger partial charge in [0.25, 0.3) is 0 Å². The highest BCUT2D eigenvalue weighted by atomic mass is 14.7. The van der Waals surface area contributed by atoms with Crippen molar-refractivity contribution in [2.24, 2.45) is 0 Å². The fourth-order valence-electron chi connectivity index (χ4n) is 1.33. The summed E-state index contributed by atoms with van der Waals surface area (Å²) in [5, 5.41) is 2.44. The van der Waals surface area contributed by atoms with E-state index < -0.39 is 0 Å². The summed E-state index contributed by atoms with van der Waals surface area (Å²) in [4.78, 5) is 3.31. The Bertz CT molecular complexity index is 393. The molecule has 1 heterocycles. The normalized spacial score (nSPS) is 13.9. The molecule has 1 N–H and O–H groups in total. The standard InChI is InChI=1S/C11H15N/c1-5-7-10-8(3)9(4)12-11(10)6-2/h5-7,12H,1H2,2-4H3/b10-7-,11-6+. The molecule has 0 atom stereocenters. The number of rotatable bonds is 1. The monoisotopic (exact) mass is 161 g/mol. The van der Waals surface area contributed by atoms with Gasteiger partial charge >= 0.3 is 0 Å². The molecule has 12 heavy (non-hydrogen) atoms. The van der Waals surface area contributed by atoms with Crippen LogP contribution in [0.5, 0.6) is 0 Å². The van der Waals surface area contributed by atoms with Gasteiger partial charge in [-0.3, -0.25) is 0 Å². The Morgan fingerprint density at radius 3 is 2.50 bits per heavy atom. The van der Waals surface area contributed by atoms with E-state index in [0.717, 1.165) is 0 Å². The molecule has 1 aromatic rings. The zero-order valence-corrected chi connectivity index (χ0v) is 7.94. The highest BCUT2D eigenvalue weighted by molar-refractivity contribution is 5.41. The fourth-order valence-corrected chi connectivity index (χ4v) is 1.33. The van der Waals surface area contributed by atoms with Crippen molar-refractivity contribution in [3.63, 3.8) is 0 Å². The Hall–Kier alpha value is -1.24. The lowest BCUT2D eigenvalue weighted by molar-refractivity contribution is 1.20. The molecule has 0 saturated heterocycles. The van der Waals surface area contributed by atoms with Gasteiger partial charge in [-0.15, -0.1) is 0 Å². The molecule has 1 rings (SSSR count). The Morgan fingerprint density at radius 2 is 2.00 bits per heavy atom. The minimum absolute atomic E-state index is 1.19. The Morgan fingerprint density at radius 1 is 1.33 bits per heavy atom. The molecule has 64 valence electrons. The van der Waals surface area contributed by atoms with Crippen LogP contribution in [-0.2, 0) is 0 Å². The fraction of sp³-hybridized carbons (Fsp3) is 0.273. The van der Waals surface area contributed by atoms with Crippen molar-refractivity contribution >= 4 is 12.2 Å². The van der Waals surface area contributed by atoms with Crippen molar-refractivity contribution < 1.29 is 0 Å². The predicted octanol–water partition coefficient (Wildman–Crippen LogP) is 1.40. The molecule has 0 saturated carbocycles. The molecule has 1 aromatic heterocycles. The molecule has 0 aliphatic heterocycles. The van der Waals surface area contributed by atoms with Crippen LogP contribution in [0.15, 0.2) is 12.7 Å². The van der Waals surface area contributed by atoms with Crippen LogP contribution in [0.4, 0.5) is 0 Å². The van der Waals surface area contributed by atoms with Crippen LogP contribution in [0.1, 0.15) is 18.2 Å². The summed E-state index contributed by atoms with van der Waals surface area (Å²) in [6.45, 7) is 9.94. The number of aryl methyl sites for hydroxylation is 1. The molecule has 0 radical (unpaired) electrons. The SMILES string of the molecule is C=C/C=c1/c(C)c(C)[nH]/c1=C/C. The lowest BCUT2D eigenvalue weighted by Gasteiger charge is -1.84. The third kappa shape index (κ3) is 1.35. The summed E-state index contributed by atoms with van der Waals surface area (Å²) >= 11 is 0. The molecule has 0 aromatic carbocycles. The van der Waals surface area contributed by atoms with Crippen LogP contribution in [0.3, 0.4) is 0 Å². The minimum Gasteiger partial charge on any atom is -0.359 e. The largest absolute Gasteiger partial charge is 0.359 e. The van der Waals surface area contributed by atoms with Crippen molar-refractivity contribution in [3.05, 3.63) is 34.5 Å². The summed E-state index contributed by atoms with van der Waals surface area (Å²) in [5.74, 6) is 0. The molecule has 1 heteroatoms. The van der Waals surface area contributed by atoms with E-state index in [4.69, 9.17) is 0 Å². The van der Waals surface area contributed by atoms with Crippen molar-refractivity contribution in [1.82, 2.24) is 4.98 Å². The van der Waals surface area contributed by atoms with Gasteiger partial charge in [-0.2, -0.15) is 0 Å². The molecule has 0 fully saturated rings. The van der Waals surface area contributed by atoms with Crippen molar-refractivity contribution in [2.45, 2.75) is 20.8 Å². The molecule has 0 unspecified atom stereocenters. The van der Waals surface area contributed by atoms with Gasteiger partial charge in [-0.1, -0.05) is 24.8 Å². The van der Waals surface area contributed by atoms with Crippen molar-refractivity contribution in [2.75, 3.05) is 0 Å². The molecule has 0 aliphatic rings. The van der Waals surface area contributed by atoms with E-state index in [1.54, 1.807) is 0 Å². The maximum Gasteiger partial charge on any atom is 0.0415 e. The number of nitrogens with one attached hydrogen (secondary N) is 1. The summed E-state index contributed by atoms with van der Waals surface area (Å²) in [7, 11) is 0. The van der Waals surface area contributed by atoms with E-state index in [9.17, 15) is 0 Å². The zero-order valence-electron chi connectivity index (χ0n) is 7.94. The molecule has 0 spiro atoms. The van der Waals surface area contributed by atoms with E-state index in [1.165, 1.54) is 21.8 Å². The second kappa shape index (κ2) is 3.44. The van der Waals surface area contributed by atoms with Crippen molar-refractivity contribution in [3.8, 4) is 0 Å². The number of aromatic nitrogens is 1. The van der Waals surface area contributed by atoms with Gasteiger partial charge in [0, 0.05) is 16.3 Å². The first-order valence-corrected chi connectivity index (χ1v) is 4.15. The average molecular weight is 161 g/mol. The topological polar surface area (TPSA) is 15.8 Å². The number of allylic oxidation sites excluding steroid dienone is 1. The van der Waals surface area contributed by atoms with Gasteiger partial charge in [-0.25, -0.2) is 0 Å². The van der Waals surface area contributed by atoms with Crippen LogP contribution in [0.25, 0.3) is 12.2 Å². The van der Waals surface area contributed by atoms with Crippen molar-refractivity contribution in [1.29, 1.82) is 0 Å². The Kier molecular flexibility index (Phi) is 2.54. The first-order chi connectivity index (χ1) is 5.70. The highest BCUT2D eigenvalue weighted by Crippen LogP contribution is 1.91. The maximum atomic E-state index is 3.70. The highest BCUT2D eigenvalue weighted by Gasteiger charge is 1.96. The predicted molar refractivity (Wildman–Crippen MR) is 54.3 cm³/mol. The average Bonchev–Trinajstić information content (AvgIpc) is 2.33. The number of H-pyrrole nitrogens is 1. The van der Waals surface area contributed by atoms with E-state index >= 15 is 0 Å². The second-order valence-electron chi connectivity index (χ2n) is 2.89. The van der Waals surface area contributed by atoms with Crippen LogP contribution in [0.2, 0.25) is 0 Å². The summed E-state index contributed by atoms with van der Waals surface area (Å²) < 4.78 is 0. The van der Waals surface area contributed by atoms with Gasteiger partial charge in [0.05, 0.1) is 0 Å². The molecular weight excluding hydrogens is 146 g/mol. The smallest absolute Gasteiger partial charge is 0.0415 e. The van der Waals surface area contributed by atoms with Crippen LogP contribution < -0.4 is 10.6 Å².